The third-order valence-corrected chi connectivity index (χ3v) is 3.37. The van der Waals surface area contributed by atoms with Gasteiger partial charge in [-0.2, -0.15) is 0 Å². The number of rotatable bonds is 8. The normalized spacial score (nSPS) is 13.0. The van der Waals surface area contributed by atoms with Crippen molar-refractivity contribution in [2.24, 2.45) is 0 Å². The van der Waals surface area contributed by atoms with Crippen molar-refractivity contribution in [3.05, 3.63) is 29.6 Å². The highest BCUT2D eigenvalue weighted by Crippen LogP contribution is 2.29. The molecule has 0 radical (unpaired) electrons. The van der Waals surface area contributed by atoms with Crippen LogP contribution in [0.5, 0.6) is 5.75 Å². The number of benzene rings is 1. The van der Waals surface area contributed by atoms with Crippen molar-refractivity contribution in [3.8, 4) is 5.75 Å². The number of nitrogens with zero attached hydrogens (tertiary/aromatic N) is 1. The number of ether oxygens (including phenoxy) is 1. The molecule has 1 aromatic rings. The van der Waals surface area contributed by atoms with Crippen LogP contribution < -0.4 is 4.74 Å². The number of hydrogen-bond acceptors (Lipinski definition) is 4. The summed E-state index contributed by atoms with van der Waals surface area (Å²) < 4.78 is 18.9. The molecule has 1 rings (SSSR count). The molecule has 0 saturated heterocycles. The molecule has 0 fully saturated rings. The standard InChI is InChI=1S/C15H24FNO3/c1-11(2)17(9-10-18)8-7-13(19)15-12(16)5-4-6-14(15)20-3/h4-6,11,13,18-19H,7-10H2,1-3H3. The molecular weight excluding hydrogens is 261 g/mol. The van der Waals surface area contributed by atoms with Crippen LogP contribution in [0.4, 0.5) is 4.39 Å². The molecule has 0 heterocycles. The smallest absolute Gasteiger partial charge is 0.132 e. The monoisotopic (exact) mass is 285 g/mol. The van der Waals surface area contributed by atoms with Gasteiger partial charge in [0.15, 0.2) is 0 Å². The predicted octanol–water partition coefficient (Wildman–Crippen LogP) is 1.96. The lowest BCUT2D eigenvalue weighted by Gasteiger charge is -2.27. The van der Waals surface area contributed by atoms with Gasteiger partial charge >= 0.3 is 0 Å². The molecule has 0 aliphatic rings. The zero-order valence-electron chi connectivity index (χ0n) is 12.3. The molecule has 1 atom stereocenters. The van der Waals surface area contributed by atoms with E-state index in [1.165, 1.54) is 13.2 Å². The largest absolute Gasteiger partial charge is 0.496 e. The van der Waals surface area contributed by atoms with E-state index in [1.54, 1.807) is 12.1 Å². The van der Waals surface area contributed by atoms with E-state index in [1.807, 2.05) is 18.7 Å². The van der Waals surface area contributed by atoms with Gasteiger partial charge in [0.05, 0.1) is 25.4 Å². The quantitative estimate of drug-likeness (QED) is 0.766. The average molecular weight is 285 g/mol. The van der Waals surface area contributed by atoms with E-state index in [0.29, 0.717) is 25.3 Å². The Kier molecular flexibility index (Phi) is 6.91. The van der Waals surface area contributed by atoms with Crippen LogP contribution in [0, 0.1) is 5.82 Å². The van der Waals surface area contributed by atoms with Crippen LogP contribution in [0.3, 0.4) is 0 Å². The second kappa shape index (κ2) is 8.19. The number of hydrogen-bond donors (Lipinski definition) is 2. The van der Waals surface area contributed by atoms with Gasteiger partial charge in [0, 0.05) is 19.1 Å². The Hall–Kier alpha value is -1.17. The van der Waals surface area contributed by atoms with E-state index in [2.05, 4.69) is 0 Å². The third kappa shape index (κ3) is 4.44. The summed E-state index contributed by atoms with van der Waals surface area (Å²) in [5.74, 6) is -0.106. The van der Waals surface area contributed by atoms with Crippen molar-refractivity contribution in [1.82, 2.24) is 4.90 Å². The number of aliphatic hydroxyl groups excluding tert-OH is 2. The Balaban J connectivity index is 2.73. The first-order chi connectivity index (χ1) is 9.51. The molecule has 0 saturated carbocycles. The van der Waals surface area contributed by atoms with Crippen molar-refractivity contribution < 1.29 is 19.3 Å². The molecule has 0 aliphatic heterocycles. The van der Waals surface area contributed by atoms with Crippen LogP contribution >= 0.6 is 0 Å². The minimum atomic E-state index is -0.925. The van der Waals surface area contributed by atoms with Crippen molar-refractivity contribution in [3.63, 3.8) is 0 Å². The minimum absolute atomic E-state index is 0.0668. The molecule has 114 valence electrons. The number of aliphatic hydroxyl groups is 2. The summed E-state index contributed by atoms with van der Waals surface area (Å²) in [6, 6.07) is 4.76. The summed E-state index contributed by atoms with van der Waals surface area (Å²) in [7, 11) is 1.46. The molecule has 1 unspecified atom stereocenters. The highest BCUT2D eigenvalue weighted by molar-refractivity contribution is 5.36. The topological polar surface area (TPSA) is 52.9 Å². The van der Waals surface area contributed by atoms with E-state index in [4.69, 9.17) is 9.84 Å². The van der Waals surface area contributed by atoms with Gasteiger partial charge in [-0.05, 0) is 32.4 Å². The molecule has 4 nitrogen and oxygen atoms in total. The predicted molar refractivity (Wildman–Crippen MR) is 76.3 cm³/mol. The zero-order chi connectivity index (χ0) is 15.1. The third-order valence-electron chi connectivity index (χ3n) is 3.37. The number of methoxy groups -OCH3 is 1. The summed E-state index contributed by atoms with van der Waals surface area (Å²) >= 11 is 0. The summed E-state index contributed by atoms with van der Waals surface area (Å²) in [5.41, 5.74) is 0.197. The van der Waals surface area contributed by atoms with Gasteiger partial charge in [-0.15, -0.1) is 0 Å². The maximum Gasteiger partial charge on any atom is 0.132 e. The molecule has 0 aromatic heterocycles. The van der Waals surface area contributed by atoms with Crippen LogP contribution in [0.1, 0.15) is 31.9 Å². The summed E-state index contributed by atoms with van der Waals surface area (Å²) in [6.07, 6.45) is -0.541. The van der Waals surface area contributed by atoms with Gasteiger partial charge < -0.3 is 14.9 Å². The molecule has 20 heavy (non-hydrogen) atoms. The van der Waals surface area contributed by atoms with Crippen LogP contribution in [0.15, 0.2) is 18.2 Å². The second-order valence-corrected chi connectivity index (χ2v) is 5.01. The molecule has 5 heteroatoms. The van der Waals surface area contributed by atoms with Gasteiger partial charge in [-0.25, -0.2) is 4.39 Å². The van der Waals surface area contributed by atoms with Crippen LogP contribution in [0.2, 0.25) is 0 Å². The molecule has 0 bridgehead atoms. The molecular formula is C15H24FNO3. The Morgan fingerprint density at radius 3 is 2.55 bits per heavy atom. The van der Waals surface area contributed by atoms with Crippen molar-refractivity contribution in [2.45, 2.75) is 32.4 Å². The molecule has 0 amide bonds. The van der Waals surface area contributed by atoms with Gasteiger partial charge in [0.1, 0.15) is 11.6 Å². The first kappa shape index (κ1) is 16.9. The van der Waals surface area contributed by atoms with E-state index < -0.39 is 11.9 Å². The Morgan fingerprint density at radius 2 is 2.00 bits per heavy atom. The highest BCUT2D eigenvalue weighted by atomic mass is 19.1. The molecule has 0 aliphatic carbocycles. The SMILES string of the molecule is COc1cccc(F)c1C(O)CCN(CCO)C(C)C. The fourth-order valence-electron chi connectivity index (χ4n) is 2.21. The van der Waals surface area contributed by atoms with Gasteiger partial charge in [-0.3, -0.25) is 4.90 Å². The van der Waals surface area contributed by atoms with Gasteiger partial charge in [0.25, 0.3) is 0 Å². The lowest BCUT2D eigenvalue weighted by Crippen LogP contribution is -2.35. The molecule has 1 aromatic carbocycles. The summed E-state index contributed by atoms with van der Waals surface area (Å²) in [5, 5.41) is 19.2. The van der Waals surface area contributed by atoms with E-state index in [9.17, 15) is 9.50 Å². The van der Waals surface area contributed by atoms with Crippen molar-refractivity contribution >= 4 is 0 Å². The van der Waals surface area contributed by atoms with Gasteiger partial charge in [-0.1, -0.05) is 6.07 Å². The lowest BCUT2D eigenvalue weighted by atomic mass is 10.0. The maximum absolute atomic E-state index is 13.8. The molecule has 0 spiro atoms. The number of halogens is 1. The van der Waals surface area contributed by atoms with Crippen molar-refractivity contribution in [2.75, 3.05) is 26.8 Å². The maximum atomic E-state index is 13.8. The van der Waals surface area contributed by atoms with Crippen LogP contribution in [-0.2, 0) is 0 Å². The second-order valence-electron chi connectivity index (χ2n) is 5.01. The van der Waals surface area contributed by atoms with Crippen molar-refractivity contribution in [1.29, 1.82) is 0 Å². The van der Waals surface area contributed by atoms with Crippen LogP contribution in [-0.4, -0.2) is 48.0 Å². The van der Waals surface area contributed by atoms with E-state index in [0.717, 1.165) is 0 Å². The fraction of sp³-hybridized carbons (Fsp3) is 0.600. The lowest BCUT2D eigenvalue weighted by molar-refractivity contribution is 0.112. The van der Waals surface area contributed by atoms with E-state index in [-0.39, 0.29) is 18.2 Å². The van der Waals surface area contributed by atoms with E-state index >= 15 is 0 Å². The fourth-order valence-corrected chi connectivity index (χ4v) is 2.21. The Bertz CT molecular complexity index is 412. The first-order valence-electron chi connectivity index (χ1n) is 6.86. The first-order valence-corrected chi connectivity index (χ1v) is 6.86. The Morgan fingerprint density at radius 1 is 1.30 bits per heavy atom. The summed E-state index contributed by atoms with van der Waals surface area (Å²) in [4.78, 5) is 2.04. The highest BCUT2D eigenvalue weighted by Gasteiger charge is 2.19. The average Bonchev–Trinajstić information content (AvgIpc) is 2.42. The zero-order valence-corrected chi connectivity index (χ0v) is 12.3. The van der Waals surface area contributed by atoms with Crippen LogP contribution in [0.25, 0.3) is 0 Å². The van der Waals surface area contributed by atoms with Gasteiger partial charge in [0.2, 0.25) is 0 Å². The summed E-state index contributed by atoms with van der Waals surface area (Å²) in [6.45, 7) is 5.23. The minimum Gasteiger partial charge on any atom is -0.496 e. The Labute approximate surface area is 119 Å². The molecule has 2 N–H and O–H groups in total.